The minimum Gasteiger partial charge on any atom is -0.354 e. The van der Waals surface area contributed by atoms with Gasteiger partial charge in [0.2, 0.25) is 5.95 Å². The number of hydrogen-bond acceptors (Lipinski definition) is 7. The molecule has 0 saturated carbocycles. The molecule has 9 heteroatoms. The first-order valence-electron chi connectivity index (χ1n) is 11.2. The predicted molar refractivity (Wildman–Crippen MR) is 139 cm³/mol. The molecule has 0 atom stereocenters. The van der Waals surface area contributed by atoms with Gasteiger partial charge in [0.15, 0.2) is 0 Å². The smallest absolute Gasteiger partial charge is 0.270 e. The van der Waals surface area contributed by atoms with Gasteiger partial charge < -0.3 is 15.5 Å². The minimum absolute atomic E-state index is 0.0777. The quantitative estimate of drug-likeness (QED) is 0.219. The van der Waals surface area contributed by atoms with E-state index >= 15 is 0 Å². The zero-order valence-corrected chi connectivity index (χ0v) is 19.4. The molecular formula is C27H22N6O3. The molecule has 1 aliphatic heterocycles. The molecule has 0 bridgehead atoms. The number of rotatable bonds is 7. The number of nitro groups is 1. The van der Waals surface area contributed by atoms with Crippen LogP contribution in [0, 0.1) is 10.1 Å². The number of nitrogens with one attached hydrogen (secondary N) is 2. The number of fused-ring (bicyclic) bond motifs is 1. The molecular weight excluding hydrogens is 456 g/mol. The first-order valence-corrected chi connectivity index (χ1v) is 11.2. The second kappa shape index (κ2) is 9.67. The van der Waals surface area contributed by atoms with Gasteiger partial charge in [-0.25, -0.2) is 9.97 Å². The van der Waals surface area contributed by atoms with Crippen molar-refractivity contribution in [3.63, 3.8) is 0 Å². The second-order valence-electron chi connectivity index (χ2n) is 8.28. The van der Waals surface area contributed by atoms with E-state index in [9.17, 15) is 14.9 Å². The third kappa shape index (κ3) is 4.62. The summed E-state index contributed by atoms with van der Waals surface area (Å²) >= 11 is 0. The van der Waals surface area contributed by atoms with Crippen molar-refractivity contribution < 1.29 is 9.72 Å². The van der Waals surface area contributed by atoms with Crippen molar-refractivity contribution in [1.29, 1.82) is 0 Å². The SMILES string of the molecule is CN(Cc1ccc(NC(=C2C(=O)Nc3ccc([N+](=O)[O-])cc32)c2ccccc2)cc1)c1ncccn1. The molecule has 2 heterocycles. The van der Waals surface area contributed by atoms with Gasteiger partial charge in [0.25, 0.3) is 11.6 Å². The Morgan fingerprint density at radius 2 is 1.72 bits per heavy atom. The zero-order valence-electron chi connectivity index (χ0n) is 19.4. The highest BCUT2D eigenvalue weighted by atomic mass is 16.6. The number of hydrogen-bond donors (Lipinski definition) is 2. The Balaban J connectivity index is 1.49. The summed E-state index contributed by atoms with van der Waals surface area (Å²) in [6.45, 7) is 0.621. The maximum atomic E-state index is 13.0. The normalized spacial score (nSPS) is 13.5. The average Bonchev–Trinajstić information content (AvgIpc) is 3.24. The van der Waals surface area contributed by atoms with Crippen molar-refractivity contribution in [2.24, 2.45) is 0 Å². The number of benzene rings is 3. The molecule has 5 rings (SSSR count). The van der Waals surface area contributed by atoms with Gasteiger partial charge in [-0.15, -0.1) is 0 Å². The summed E-state index contributed by atoms with van der Waals surface area (Å²) in [5.41, 5.74) is 4.48. The predicted octanol–water partition coefficient (Wildman–Crippen LogP) is 4.95. The van der Waals surface area contributed by atoms with Crippen LogP contribution in [0.25, 0.3) is 11.3 Å². The number of carbonyl (C=O) groups is 1. The molecule has 0 saturated heterocycles. The van der Waals surface area contributed by atoms with Crippen LogP contribution in [0.4, 0.5) is 23.0 Å². The Labute approximate surface area is 207 Å². The molecule has 3 aromatic carbocycles. The van der Waals surface area contributed by atoms with Crippen LogP contribution in [-0.4, -0.2) is 27.8 Å². The van der Waals surface area contributed by atoms with E-state index in [1.165, 1.54) is 12.1 Å². The largest absolute Gasteiger partial charge is 0.354 e. The lowest BCUT2D eigenvalue weighted by Gasteiger charge is -2.18. The number of anilines is 3. The first-order chi connectivity index (χ1) is 17.5. The molecule has 1 aliphatic rings. The van der Waals surface area contributed by atoms with E-state index in [1.54, 1.807) is 24.5 Å². The van der Waals surface area contributed by atoms with Crippen LogP contribution in [0.2, 0.25) is 0 Å². The Morgan fingerprint density at radius 1 is 1.00 bits per heavy atom. The van der Waals surface area contributed by atoms with Gasteiger partial charge in [-0.1, -0.05) is 42.5 Å². The molecule has 36 heavy (non-hydrogen) atoms. The van der Waals surface area contributed by atoms with Gasteiger partial charge in [-0.05, 0) is 35.4 Å². The fraction of sp³-hybridized carbons (Fsp3) is 0.0741. The molecule has 2 N–H and O–H groups in total. The lowest BCUT2D eigenvalue weighted by molar-refractivity contribution is -0.384. The van der Waals surface area contributed by atoms with Crippen molar-refractivity contribution in [3.8, 4) is 0 Å². The van der Waals surface area contributed by atoms with Crippen molar-refractivity contribution in [1.82, 2.24) is 9.97 Å². The number of carbonyl (C=O) groups excluding carboxylic acids is 1. The molecule has 4 aromatic rings. The molecule has 0 fully saturated rings. The summed E-state index contributed by atoms with van der Waals surface area (Å²) in [4.78, 5) is 34.4. The van der Waals surface area contributed by atoms with E-state index < -0.39 is 4.92 Å². The van der Waals surface area contributed by atoms with E-state index in [1.807, 2.05) is 66.5 Å². The molecule has 178 valence electrons. The highest BCUT2D eigenvalue weighted by molar-refractivity contribution is 6.37. The summed E-state index contributed by atoms with van der Waals surface area (Å²) in [5.74, 6) is 0.314. The monoisotopic (exact) mass is 478 g/mol. The van der Waals surface area contributed by atoms with Crippen LogP contribution < -0.4 is 15.5 Å². The van der Waals surface area contributed by atoms with E-state index in [-0.39, 0.29) is 11.6 Å². The van der Waals surface area contributed by atoms with Gasteiger partial charge in [0.05, 0.1) is 16.2 Å². The third-order valence-corrected chi connectivity index (χ3v) is 5.81. The number of aromatic nitrogens is 2. The highest BCUT2D eigenvalue weighted by Gasteiger charge is 2.30. The molecule has 0 radical (unpaired) electrons. The molecule has 9 nitrogen and oxygen atoms in total. The molecule has 0 spiro atoms. The standard InChI is InChI=1S/C27H22N6O3/c1-32(27-28-14-5-15-29-27)17-18-8-10-20(11-9-18)30-25(19-6-3-2-4-7-19)24-22-16-21(33(35)36)12-13-23(22)31-26(24)34/h2-16,30H,17H2,1H3,(H,31,34). The molecule has 1 aromatic heterocycles. The van der Waals surface area contributed by atoms with Crippen molar-refractivity contribution in [3.05, 3.63) is 118 Å². The number of nitro benzene ring substituents is 1. The maximum absolute atomic E-state index is 13.0. The van der Waals surface area contributed by atoms with Crippen LogP contribution >= 0.6 is 0 Å². The Hall–Kier alpha value is -5.05. The van der Waals surface area contributed by atoms with Gasteiger partial charge in [0.1, 0.15) is 0 Å². The van der Waals surface area contributed by atoms with Crippen LogP contribution in [0.5, 0.6) is 0 Å². The fourth-order valence-electron chi connectivity index (χ4n) is 4.07. The maximum Gasteiger partial charge on any atom is 0.270 e. The summed E-state index contributed by atoms with van der Waals surface area (Å²) in [6, 6.07) is 23.4. The third-order valence-electron chi connectivity index (χ3n) is 5.81. The average molecular weight is 479 g/mol. The zero-order chi connectivity index (χ0) is 25.1. The fourth-order valence-corrected chi connectivity index (χ4v) is 4.07. The first kappa shape index (κ1) is 22.7. The van der Waals surface area contributed by atoms with Crippen LogP contribution in [-0.2, 0) is 11.3 Å². The summed E-state index contributed by atoms with van der Waals surface area (Å²) in [5, 5.41) is 17.6. The minimum atomic E-state index is -0.466. The number of nitrogens with zero attached hydrogens (tertiary/aromatic N) is 4. The number of amides is 1. The molecule has 0 aliphatic carbocycles. The van der Waals surface area contributed by atoms with E-state index in [0.29, 0.717) is 35.0 Å². The Bertz CT molecular complexity index is 1450. The summed E-state index contributed by atoms with van der Waals surface area (Å²) < 4.78 is 0. The number of non-ortho nitro benzene ring substituents is 1. The van der Waals surface area contributed by atoms with E-state index in [2.05, 4.69) is 20.6 Å². The summed E-state index contributed by atoms with van der Waals surface area (Å²) in [6.07, 6.45) is 3.41. The van der Waals surface area contributed by atoms with Gasteiger partial charge >= 0.3 is 0 Å². The van der Waals surface area contributed by atoms with Gasteiger partial charge in [-0.2, -0.15) is 0 Å². The van der Waals surface area contributed by atoms with Crippen LogP contribution in [0.3, 0.4) is 0 Å². The highest BCUT2D eigenvalue weighted by Crippen LogP contribution is 2.39. The van der Waals surface area contributed by atoms with Crippen molar-refractivity contribution in [2.75, 3.05) is 22.6 Å². The van der Waals surface area contributed by atoms with E-state index in [0.717, 1.165) is 16.8 Å². The lowest BCUT2D eigenvalue weighted by Crippen LogP contribution is -2.18. The van der Waals surface area contributed by atoms with Crippen molar-refractivity contribution in [2.45, 2.75) is 6.54 Å². The summed E-state index contributed by atoms with van der Waals surface area (Å²) in [7, 11) is 1.93. The van der Waals surface area contributed by atoms with Crippen LogP contribution in [0.15, 0.2) is 91.3 Å². The second-order valence-corrected chi connectivity index (χ2v) is 8.28. The van der Waals surface area contributed by atoms with Gasteiger partial charge in [-0.3, -0.25) is 14.9 Å². The molecule has 1 amide bonds. The molecule has 0 unspecified atom stereocenters. The Morgan fingerprint density at radius 3 is 2.42 bits per heavy atom. The topological polar surface area (TPSA) is 113 Å². The van der Waals surface area contributed by atoms with E-state index in [4.69, 9.17) is 0 Å². The van der Waals surface area contributed by atoms with Gasteiger partial charge in [0, 0.05) is 55.1 Å². The van der Waals surface area contributed by atoms with Crippen LogP contribution in [0.1, 0.15) is 16.7 Å². The lowest BCUT2D eigenvalue weighted by atomic mass is 9.99. The van der Waals surface area contributed by atoms with Crippen molar-refractivity contribution >= 4 is 40.2 Å². The Kier molecular flexibility index (Phi) is 6.10.